The van der Waals surface area contributed by atoms with E-state index in [-0.39, 0.29) is 42.1 Å². The van der Waals surface area contributed by atoms with Crippen molar-refractivity contribution in [2.75, 3.05) is 0 Å². The smallest absolute Gasteiger partial charge is 0.872 e. The number of aryl methyl sites for hydroxylation is 4. The first kappa shape index (κ1) is 22.6. The second-order valence-corrected chi connectivity index (χ2v) is 5.49. The second-order valence-electron chi connectivity index (χ2n) is 5.49. The molecule has 0 heterocycles. The summed E-state index contributed by atoms with van der Waals surface area (Å²) in [6.07, 6.45) is 0. The van der Waals surface area contributed by atoms with E-state index in [1.807, 2.05) is 0 Å². The molecule has 0 radical (unpaired) electrons. The van der Waals surface area contributed by atoms with E-state index in [2.05, 4.69) is 0 Å². The van der Waals surface area contributed by atoms with Gasteiger partial charge in [0, 0.05) is 0 Å². The minimum absolute atomic E-state index is 0. The fraction of sp³-hybridized carbons (Fsp3) is 0.222. The number of carbonyl (C=O) groups is 2. The third-order valence-electron chi connectivity index (χ3n) is 3.41. The van der Waals surface area contributed by atoms with Crippen LogP contribution < -0.4 is 10.2 Å². The van der Waals surface area contributed by atoms with Crippen molar-refractivity contribution in [3.8, 4) is 11.5 Å². The number of aromatic carboxylic acids is 2. The molecular formula is C18H18O6Zn. The van der Waals surface area contributed by atoms with Crippen LogP contribution in [0.15, 0.2) is 24.3 Å². The quantitative estimate of drug-likeness (QED) is 0.751. The molecule has 2 N–H and O–H groups in total. The van der Waals surface area contributed by atoms with Crippen molar-refractivity contribution in [1.82, 2.24) is 0 Å². The topological polar surface area (TPSA) is 121 Å². The Hall–Kier alpha value is -2.40. The van der Waals surface area contributed by atoms with E-state index < -0.39 is 11.9 Å². The molecule has 2 aromatic carbocycles. The van der Waals surface area contributed by atoms with Crippen molar-refractivity contribution < 1.29 is 49.5 Å². The van der Waals surface area contributed by atoms with Crippen LogP contribution in [0.2, 0.25) is 0 Å². The standard InChI is InChI=1S/2C9H10O3.Zn/c2*1-5-3-7(9(11)12)4-6(2)8(5)10;/h2*3-4,10H,1-2H3,(H,11,12);/q;;+2/p-2. The maximum absolute atomic E-state index is 11.2. The molecule has 0 saturated heterocycles. The molecule has 2 aromatic rings. The molecule has 0 saturated carbocycles. The summed E-state index contributed by atoms with van der Waals surface area (Å²) >= 11 is 0. The van der Waals surface area contributed by atoms with Crippen LogP contribution in [0.5, 0.6) is 11.5 Å². The molecule has 0 atom stereocenters. The molecule has 0 spiro atoms. The molecule has 0 aliphatic carbocycles. The number of carboxylic acids is 2. The first-order valence-electron chi connectivity index (χ1n) is 7.07. The van der Waals surface area contributed by atoms with E-state index in [4.69, 9.17) is 10.2 Å². The van der Waals surface area contributed by atoms with Crippen LogP contribution >= 0.6 is 0 Å². The van der Waals surface area contributed by atoms with E-state index in [1.54, 1.807) is 27.7 Å². The molecule has 6 nitrogen and oxygen atoms in total. The monoisotopic (exact) mass is 394 g/mol. The van der Waals surface area contributed by atoms with Gasteiger partial charge in [0.2, 0.25) is 0 Å². The average molecular weight is 396 g/mol. The third-order valence-corrected chi connectivity index (χ3v) is 3.41. The van der Waals surface area contributed by atoms with Gasteiger partial charge in [0.05, 0.1) is 11.1 Å². The molecular weight excluding hydrogens is 378 g/mol. The maximum atomic E-state index is 11.2. The molecule has 0 aliphatic rings. The van der Waals surface area contributed by atoms with Crippen LogP contribution in [-0.4, -0.2) is 22.2 Å². The minimum Gasteiger partial charge on any atom is -0.872 e. The van der Waals surface area contributed by atoms with E-state index in [9.17, 15) is 19.8 Å². The summed E-state index contributed by atoms with van der Waals surface area (Å²) in [5.41, 5.74) is 2.26. The molecule has 0 aromatic heterocycles. The van der Waals surface area contributed by atoms with E-state index in [0.29, 0.717) is 22.3 Å². The molecule has 0 unspecified atom stereocenters. The van der Waals surface area contributed by atoms with Gasteiger partial charge in [-0.2, -0.15) is 0 Å². The third kappa shape index (κ3) is 5.87. The van der Waals surface area contributed by atoms with Crippen LogP contribution in [0.3, 0.4) is 0 Å². The number of carboxylic acid groups (broad SMARTS) is 2. The first-order chi connectivity index (χ1) is 11.0. The van der Waals surface area contributed by atoms with Crippen LogP contribution in [0.4, 0.5) is 0 Å². The Morgan fingerprint density at radius 1 is 0.680 bits per heavy atom. The van der Waals surface area contributed by atoms with Gasteiger partial charge in [-0.05, 0) is 52.0 Å². The second kappa shape index (κ2) is 9.18. The summed E-state index contributed by atoms with van der Waals surface area (Å²) in [7, 11) is 0. The Morgan fingerprint density at radius 2 is 0.880 bits per heavy atom. The average Bonchev–Trinajstić information content (AvgIpc) is 2.49. The fourth-order valence-electron chi connectivity index (χ4n) is 2.15. The van der Waals surface area contributed by atoms with E-state index >= 15 is 0 Å². The van der Waals surface area contributed by atoms with Gasteiger partial charge in [-0.25, -0.2) is 9.59 Å². The number of hydrogen-bond donors (Lipinski definition) is 2. The summed E-state index contributed by atoms with van der Waals surface area (Å²) < 4.78 is 0. The van der Waals surface area contributed by atoms with E-state index in [0.717, 1.165) is 0 Å². The predicted molar refractivity (Wildman–Crippen MR) is 84.6 cm³/mol. The molecule has 0 bridgehead atoms. The molecule has 2 rings (SSSR count). The van der Waals surface area contributed by atoms with Crippen molar-refractivity contribution in [2.45, 2.75) is 27.7 Å². The van der Waals surface area contributed by atoms with Crippen LogP contribution in [-0.2, 0) is 19.5 Å². The zero-order valence-corrected chi connectivity index (χ0v) is 17.5. The van der Waals surface area contributed by atoms with Gasteiger partial charge in [-0.15, -0.1) is 11.5 Å². The van der Waals surface area contributed by atoms with Gasteiger partial charge >= 0.3 is 31.4 Å². The van der Waals surface area contributed by atoms with Gasteiger partial charge in [0.15, 0.2) is 0 Å². The fourth-order valence-corrected chi connectivity index (χ4v) is 2.15. The Labute approximate surface area is 158 Å². The normalized spacial score (nSPS) is 9.44. The molecule has 0 aliphatic heterocycles. The molecule has 7 heteroatoms. The summed E-state index contributed by atoms with van der Waals surface area (Å²) in [5.74, 6) is -2.16. The van der Waals surface area contributed by atoms with Crippen molar-refractivity contribution in [2.24, 2.45) is 0 Å². The van der Waals surface area contributed by atoms with Crippen LogP contribution in [0, 0.1) is 27.7 Å². The van der Waals surface area contributed by atoms with Crippen molar-refractivity contribution in [3.63, 3.8) is 0 Å². The summed E-state index contributed by atoms with van der Waals surface area (Å²) in [6, 6.07) is 5.55. The number of benzene rings is 2. The maximum Gasteiger partial charge on any atom is 2.00 e. The van der Waals surface area contributed by atoms with Gasteiger partial charge in [-0.3, -0.25) is 0 Å². The van der Waals surface area contributed by atoms with Gasteiger partial charge in [0.1, 0.15) is 0 Å². The Morgan fingerprint density at radius 3 is 1.04 bits per heavy atom. The van der Waals surface area contributed by atoms with E-state index in [1.165, 1.54) is 24.3 Å². The van der Waals surface area contributed by atoms with Crippen LogP contribution in [0.1, 0.15) is 43.0 Å². The zero-order valence-electron chi connectivity index (χ0n) is 14.5. The number of hydrogen-bond acceptors (Lipinski definition) is 4. The first-order valence-corrected chi connectivity index (χ1v) is 7.07. The Kier molecular flexibility index (Phi) is 8.30. The number of rotatable bonds is 2. The Bertz CT molecular complexity index is 685. The minimum atomic E-state index is -0.999. The van der Waals surface area contributed by atoms with Crippen molar-refractivity contribution in [1.29, 1.82) is 0 Å². The molecule has 0 fully saturated rings. The van der Waals surface area contributed by atoms with Crippen LogP contribution in [0.25, 0.3) is 0 Å². The summed E-state index contributed by atoms with van der Waals surface area (Å²) in [6.45, 7) is 6.45. The predicted octanol–water partition coefficient (Wildman–Crippen LogP) is 2.15. The van der Waals surface area contributed by atoms with Gasteiger partial charge in [-0.1, -0.05) is 22.3 Å². The van der Waals surface area contributed by atoms with Gasteiger partial charge in [0.25, 0.3) is 0 Å². The molecule has 25 heavy (non-hydrogen) atoms. The zero-order chi connectivity index (χ0) is 18.6. The molecule has 128 valence electrons. The largest absolute Gasteiger partial charge is 2.00 e. The van der Waals surface area contributed by atoms with Crippen molar-refractivity contribution >= 4 is 11.9 Å². The summed E-state index contributed by atoms with van der Waals surface area (Å²) in [5, 5.41) is 39.5. The Balaban J connectivity index is 0.000000443. The van der Waals surface area contributed by atoms with Crippen molar-refractivity contribution in [3.05, 3.63) is 57.6 Å². The SMILES string of the molecule is Cc1cc(C(=O)O)cc(C)c1[O-].Cc1cc(C(=O)O)cc(C)c1[O-].[Zn+2]. The van der Waals surface area contributed by atoms with Gasteiger partial charge < -0.3 is 20.4 Å². The summed E-state index contributed by atoms with van der Waals surface area (Å²) in [4.78, 5) is 21.0. The molecule has 0 amide bonds.